The summed E-state index contributed by atoms with van der Waals surface area (Å²) in [5.74, 6) is 2.55. The van der Waals surface area contributed by atoms with Crippen LogP contribution in [-0.2, 0) is 5.41 Å². The zero-order valence-corrected chi connectivity index (χ0v) is 23.1. The maximum Gasteiger partial charge on any atom is 0.116 e. The molecule has 0 amide bonds. The molecule has 8 rings (SSSR count). The fraction of sp³-hybridized carbons (Fsp3) is 0.100. The zero-order valence-electron chi connectivity index (χ0n) is 23.1. The summed E-state index contributed by atoms with van der Waals surface area (Å²) in [6.07, 6.45) is 16.3. The van der Waals surface area contributed by atoms with Gasteiger partial charge in [-0.05, 0) is 81.9 Å². The predicted octanol–water partition coefficient (Wildman–Crippen LogP) is 10.2. The Morgan fingerprint density at radius 3 is 2.12 bits per heavy atom. The molecule has 0 saturated carbocycles. The molecule has 0 spiro atoms. The van der Waals surface area contributed by atoms with Crippen molar-refractivity contribution in [2.45, 2.75) is 26.2 Å². The van der Waals surface area contributed by atoms with E-state index < -0.39 is 0 Å². The molecule has 0 aromatic heterocycles. The average Bonchev–Trinajstić information content (AvgIpc) is 2.97. The minimum absolute atomic E-state index is 0.122. The highest BCUT2D eigenvalue weighted by molar-refractivity contribution is 6.06. The van der Waals surface area contributed by atoms with Gasteiger partial charge in [-0.3, -0.25) is 0 Å². The van der Waals surface area contributed by atoms with Crippen molar-refractivity contribution in [1.82, 2.24) is 0 Å². The molecular weight excluding hydrogens is 480 g/mol. The van der Waals surface area contributed by atoms with E-state index in [4.69, 9.17) is 0 Å². The van der Waals surface area contributed by atoms with Crippen LogP contribution in [0.3, 0.4) is 0 Å². The lowest BCUT2D eigenvalue weighted by atomic mass is 9.72. The second kappa shape index (κ2) is 8.54. The topological polar surface area (TPSA) is 0 Å². The highest BCUT2D eigenvalue weighted by atomic mass is 14.3. The Bertz CT molecular complexity index is 1940. The van der Waals surface area contributed by atoms with Gasteiger partial charge in [-0.25, -0.2) is 0 Å². The first-order chi connectivity index (χ1) is 19.4. The molecule has 0 heteroatoms. The van der Waals surface area contributed by atoms with Crippen molar-refractivity contribution in [3.8, 4) is 0 Å². The third-order valence-corrected chi connectivity index (χ3v) is 8.65. The van der Waals surface area contributed by atoms with E-state index in [1.807, 2.05) is 0 Å². The van der Waals surface area contributed by atoms with Gasteiger partial charge in [0.2, 0.25) is 0 Å². The minimum Gasteiger partial charge on any atom is -0.0616 e. The number of fused-ring (bicyclic) bond motifs is 2. The van der Waals surface area contributed by atoms with Crippen molar-refractivity contribution in [2.24, 2.45) is 0 Å². The van der Waals surface area contributed by atoms with E-state index >= 15 is 0 Å². The molecule has 0 atom stereocenters. The largest absolute Gasteiger partial charge is 0.116 e. The molecule has 5 aromatic rings. The van der Waals surface area contributed by atoms with Crippen LogP contribution in [0, 0.1) is 24.7 Å². The first kappa shape index (κ1) is 23.5. The SMILES string of the molecule is CC(C)(C)c1cc2c3c4c(ccc3c1)C=C(c1ccccc1[C+]1[CH]c3cc5ccccc5cc3C=C1)[CH][C+]4C=C2. The molecule has 5 aromatic carbocycles. The molecule has 3 aliphatic rings. The van der Waals surface area contributed by atoms with Crippen LogP contribution < -0.4 is 0 Å². The molecule has 0 fully saturated rings. The van der Waals surface area contributed by atoms with Crippen LogP contribution in [0.4, 0.5) is 0 Å². The third-order valence-electron chi connectivity index (χ3n) is 8.65. The number of hydrogen-bond donors (Lipinski definition) is 0. The first-order valence-electron chi connectivity index (χ1n) is 14.2. The van der Waals surface area contributed by atoms with Gasteiger partial charge < -0.3 is 0 Å². The number of hydrogen-bond acceptors (Lipinski definition) is 0. The van der Waals surface area contributed by atoms with Crippen molar-refractivity contribution in [3.63, 3.8) is 0 Å². The summed E-state index contributed by atoms with van der Waals surface area (Å²) < 4.78 is 0. The predicted molar refractivity (Wildman–Crippen MR) is 171 cm³/mol. The molecular formula is C40H30+2. The molecule has 188 valence electrons. The Balaban J connectivity index is 1.21. The van der Waals surface area contributed by atoms with E-state index in [9.17, 15) is 0 Å². The summed E-state index contributed by atoms with van der Waals surface area (Å²) in [6.45, 7) is 6.88. The molecule has 0 heterocycles. The molecule has 0 bridgehead atoms. The van der Waals surface area contributed by atoms with E-state index in [0.717, 1.165) is 0 Å². The van der Waals surface area contributed by atoms with Crippen molar-refractivity contribution in [3.05, 3.63) is 166 Å². The zero-order chi connectivity index (χ0) is 27.0. The summed E-state index contributed by atoms with van der Waals surface area (Å²) in [5.41, 5.74) is 11.8. The molecule has 0 nitrogen and oxygen atoms in total. The Kier molecular flexibility index (Phi) is 5.01. The summed E-state index contributed by atoms with van der Waals surface area (Å²) in [4.78, 5) is 0. The van der Waals surface area contributed by atoms with Crippen molar-refractivity contribution < 1.29 is 0 Å². The summed E-state index contributed by atoms with van der Waals surface area (Å²) in [5, 5.41) is 5.27. The summed E-state index contributed by atoms with van der Waals surface area (Å²) in [6, 6.07) is 31.4. The summed E-state index contributed by atoms with van der Waals surface area (Å²) in [7, 11) is 0. The molecule has 0 N–H and O–H groups in total. The second-order valence-corrected chi connectivity index (χ2v) is 12.3. The van der Waals surface area contributed by atoms with Crippen molar-refractivity contribution in [2.75, 3.05) is 0 Å². The fourth-order valence-corrected chi connectivity index (χ4v) is 6.52. The highest BCUT2D eigenvalue weighted by Gasteiger charge is 2.36. The summed E-state index contributed by atoms with van der Waals surface area (Å²) >= 11 is 0. The molecule has 0 aliphatic heterocycles. The van der Waals surface area contributed by atoms with Crippen molar-refractivity contribution in [1.29, 1.82) is 0 Å². The standard InChI is InChI=1S/C40H30/c1-40(2,3)35-23-31-16-14-29-21-34(22-30-15-17-32(24-35)39(31)38(29)30)37-11-7-6-10-36(37)28-13-12-27-18-25-8-4-5-9-26(25)19-33(27)20-28/h4-24H,1-3H3/q+2. The number of rotatable bonds is 2. The average molecular weight is 511 g/mol. The third kappa shape index (κ3) is 3.67. The van der Waals surface area contributed by atoms with Gasteiger partial charge >= 0.3 is 0 Å². The monoisotopic (exact) mass is 510 g/mol. The lowest BCUT2D eigenvalue weighted by Crippen LogP contribution is -2.15. The maximum atomic E-state index is 2.38. The van der Waals surface area contributed by atoms with Gasteiger partial charge in [-0.15, -0.1) is 0 Å². The van der Waals surface area contributed by atoms with E-state index in [1.54, 1.807) is 0 Å². The van der Waals surface area contributed by atoms with Gasteiger partial charge in [0, 0.05) is 53.0 Å². The molecule has 40 heavy (non-hydrogen) atoms. The molecule has 0 saturated heterocycles. The van der Waals surface area contributed by atoms with Crippen LogP contribution in [-0.4, -0.2) is 0 Å². The molecule has 3 aliphatic carbocycles. The van der Waals surface area contributed by atoms with E-state index in [-0.39, 0.29) is 5.41 Å². The lowest BCUT2D eigenvalue weighted by Gasteiger charge is -2.25. The van der Waals surface area contributed by atoms with Crippen molar-refractivity contribution >= 4 is 45.3 Å². The van der Waals surface area contributed by atoms with Crippen LogP contribution in [0.25, 0.3) is 45.3 Å². The van der Waals surface area contributed by atoms with Gasteiger partial charge in [0.1, 0.15) is 11.1 Å². The fourth-order valence-electron chi connectivity index (χ4n) is 6.52. The lowest BCUT2D eigenvalue weighted by molar-refractivity contribution is 0.591. The van der Waals surface area contributed by atoms with Gasteiger partial charge in [0.25, 0.3) is 0 Å². The van der Waals surface area contributed by atoms with Gasteiger partial charge in [0.15, 0.2) is 0 Å². The van der Waals surface area contributed by atoms with Gasteiger partial charge in [-0.2, -0.15) is 0 Å². The normalized spacial score (nSPS) is 15.5. The van der Waals surface area contributed by atoms with Gasteiger partial charge in [0.05, 0.1) is 46.8 Å². The smallest absolute Gasteiger partial charge is 0.0616 e. The van der Waals surface area contributed by atoms with Crippen LogP contribution >= 0.6 is 0 Å². The molecule has 0 unspecified atom stereocenters. The van der Waals surface area contributed by atoms with E-state index in [2.05, 4.69) is 149 Å². The van der Waals surface area contributed by atoms with Crippen LogP contribution in [0.2, 0.25) is 0 Å². The maximum absolute atomic E-state index is 2.38. The highest BCUT2D eigenvalue weighted by Crippen LogP contribution is 2.47. The second-order valence-electron chi connectivity index (χ2n) is 12.3. The molecule has 2 radical (unpaired) electrons. The Labute approximate surface area is 237 Å². The number of benzene rings is 5. The Hall–Kier alpha value is -4.42. The van der Waals surface area contributed by atoms with Crippen LogP contribution in [0.1, 0.15) is 65.3 Å². The number of allylic oxidation sites excluding steroid dienone is 3. The van der Waals surface area contributed by atoms with Crippen LogP contribution in [0.5, 0.6) is 0 Å². The van der Waals surface area contributed by atoms with E-state index in [1.165, 1.54) is 83.5 Å². The Morgan fingerprint density at radius 1 is 0.575 bits per heavy atom. The van der Waals surface area contributed by atoms with Gasteiger partial charge in [-0.1, -0.05) is 45.0 Å². The van der Waals surface area contributed by atoms with E-state index in [0.29, 0.717) is 0 Å². The van der Waals surface area contributed by atoms with Crippen LogP contribution in [0.15, 0.2) is 97.1 Å². The first-order valence-corrected chi connectivity index (χ1v) is 14.2. The Morgan fingerprint density at radius 2 is 1.30 bits per heavy atom. The quantitative estimate of drug-likeness (QED) is 0.207. The minimum atomic E-state index is 0.122.